The minimum atomic E-state index is -0.624. The van der Waals surface area contributed by atoms with E-state index in [1.165, 1.54) is 0 Å². The normalized spacial score (nSPS) is 10.2. The predicted octanol–water partition coefficient (Wildman–Crippen LogP) is 0.446. The molecule has 0 radical (unpaired) electrons. The second-order valence-electron chi connectivity index (χ2n) is 2.68. The molecule has 1 rings (SSSR count). The molecule has 1 aromatic heterocycles. The highest BCUT2D eigenvalue weighted by Gasteiger charge is 2.13. The SMILES string of the molecule is CCCCCc1nnnn1[N+](=O)[O-]. The molecule has 0 bridgehead atoms. The van der Waals surface area contributed by atoms with Crippen LogP contribution in [0.3, 0.4) is 0 Å². The molecule has 13 heavy (non-hydrogen) atoms. The van der Waals surface area contributed by atoms with Gasteiger partial charge < -0.3 is 10.1 Å². The average Bonchev–Trinajstić information content (AvgIpc) is 2.53. The van der Waals surface area contributed by atoms with Crippen molar-refractivity contribution in [2.24, 2.45) is 0 Å². The van der Waals surface area contributed by atoms with E-state index in [4.69, 9.17) is 0 Å². The number of hydrogen-bond donors (Lipinski definition) is 0. The van der Waals surface area contributed by atoms with Crippen molar-refractivity contribution in [3.8, 4) is 0 Å². The average molecular weight is 185 g/mol. The Bertz CT molecular complexity index is 284. The number of unbranched alkanes of at least 4 members (excludes halogenated alkanes) is 2. The van der Waals surface area contributed by atoms with Crippen LogP contribution in [0.1, 0.15) is 32.0 Å². The molecule has 0 aromatic carbocycles. The van der Waals surface area contributed by atoms with Crippen LogP contribution < -0.4 is 0 Å². The van der Waals surface area contributed by atoms with E-state index in [1.54, 1.807) is 0 Å². The Hall–Kier alpha value is -1.53. The molecule has 0 fully saturated rings. The van der Waals surface area contributed by atoms with Crippen LogP contribution in [-0.2, 0) is 6.42 Å². The lowest BCUT2D eigenvalue weighted by molar-refractivity contribution is -0.555. The van der Waals surface area contributed by atoms with E-state index in [0.717, 1.165) is 19.3 Å². The maximum absolute atomic E-state index is 10.3. The zero-order valence-corrected chi connectivity index (χ0v) is 7.38. The molecule has 0 N–H and O–H groups in total. The van der Waals surface area contributed by atoms with Crippen molar-refractivity contribution >= 4 is 0 Å². The van der Waals surface area contributed by atoms with Gasteiger partial charge in [-0.25, -0.2) is 0 Å². The molecular formula is C6H11N5O2. The molecule has 0 unspecified atom stereocenters. The Morgan fingerprint density at radius 2 is 2.31 bits per heavy atom. The minimum Gasteiger partial charge on any atom is -0.339 e. The molecule has 1 heterocycles. The summed E-state index contributed by atoms with van der Waals surface area (Å²) >= 11 is 0. The lowest BCUT2D eigenvalue weighted by atomic mass is 10.2. The molecule has 0 saturated carbocycles. The van der Waals surface area contributed by atoms with Gasteiger partial charge in [0.1, 0.15) is 5.21 Å². The second kappa shape index (κ2) is 4.48. The van der Waals surface area contributed by atoms with Crippen LogP contribution >= 0.6 is 0 Å². The summed E-state index contributed by atoms with van der Waals surface area (Å²) in [5.41, 5.74) is 0. The Labute approximate surface area is 74.9 Å². The summed E-state index contributed by atoms with van der Waals surface area (Å²) in [6.45, 7) is 2.07. The first-order valence-corrected chi connectivity index (χ1v) is 4.17. The molecule has 0 atom stereocenters. The molecule has 7 nitrogen and oxygen atoms in total. The van der Waals surface area contributed by atoms with Gasteiger partial charge in [-0.2, -0.15) is 0 Å². The molecule has 7 heteroatoms. The van der Waals surface area contributed by atoms with Crippen molar-refractivity contribution in [3.63, 3.8) is 0 Å². The molecule has 0 aliphatic carbocycles. The summed E-state index contributed by atoms with van der Waals surface area (Å²) < 4.78 is 0. The maximum atomic E-state index is 10.3. The largest absolute Gasteiger partial charge is 0.339 e. The van der Waals surface area contributed by atoms with Gasteiger partial charge in [0.05, 0.1) is 9.82 Å². The van der Waals surface area contributed by atoms with E-state index in [2.05, 4.69) is 22.4 Å². The standard InChI is InChI=1S/C6H11N5O2/c1-2-3-4-5-6-7-8-9-10(6)11(12)13/h2-5H2,1H3. The summed E-state index contributed by atoms with van der Waals surface area (Å²) in [6.07, 6.45) is 3.54. The van der Waals surface area contributed by atoms with Crippen LogP contribution in [0.2, 0.25) is 0 Å². The van der Waals surface area contributed by atoms with Gasteiger partial charge in [-0.05, 0) is 6.42 Å². The Kier molecular flexibility index (Phi) is 3.30. The van der Waals surface area contributed by atoms with Gasteiger partial charge in [-0.15, -0.1) is 0 Å². The van der Waals surface area contributed by atoms with Gasteiger partial charge in [-0.1, -0.05) is 24.9 Å². The Balaban J connectivity index is 2.55. The lowest BCUT2D eigenvalue weighted by Crippen LogP contribution is -2.14. The molecule has 0 amide bonds. The third kappa shape index (κ3) is 2.46. The van der Waals surface area contributed by atoms with E-state index in [1.807, 2.05) is 0 Å². The van der Waals surface area contributed by atoms with Gasteiger partial charge in [0.25, 0.3) is 0 Å². The predicted molar refractivity (Wildman–Crippen MR) is 43.4 cm³/mol. The zero-order valence-electron chi connectivity index (χ0n) is 7.38. The Morgan fingerprint density at radius 3 is 2.92 bits per heavy atom. The second-order valence-corrected chi connectivity index (χ2v) is 2.68. The number of tetrazole rings is 1. The zero-order chi connectivity index (χ0) is 9.68. The van der Waals surface area contributed by atoms with Crippen molar-refractivity contribution in [2.45, 2.75) is 32.6 Å². The van der Waals surface area contributed by atoms with Gasteiger partial charge in [0.2, 0.25) is 11.0 Å². The van der Waals surface area contributed by atoms with Gasteiger partial charge in [-0.3, -0.25) is 0 Å². The molecule has 0 spiro atoms. The molecule has 0 saturated heterocycles. The smallest absolute Gasteiger partial charge is 0.225 e. The number of aromatic nitrogens is 4. The molecule has 72 valence electrons. The van der Waals surface area contributed by atoms with Crippen molar-refractivity contribution in [1.82, 2.24) is 20.3 Å². The van der Waals surface area contributed by atoms with Crippen LogP contribution in [0, 0.1) is 10.1 Å². The fourth-order valence-electron chi connectivity index (χ4n) is 1.01. The molecule has 0 aliphatic heterocycles. The van der Waals surface area contributed by atoms with Crippen molar-refractivity contribution in [1.29, 1.82) is 0 Å². The number of rotatable bonds is 5. The highest BCUT2D eigenvalue weighted by atomic mass is 16.7. The van der Waals surface area contributed by atoms with Gasteiger partial charge >= 0.3 is 0 Å². The van der Waals surface area contributed by atoms with Crippen LogP contribution in [0.15, 0.2) is 0 Å². The molecule has 0 aliphatic rings. The van der Waals surface area contributed by atoms with Crippen LogP contribution in [-0.4, -0.2) is 25.3 Å². The van der Waals surface area contributed by atoms with Crippen LogP contribution in [0.25, 0.3) is 0 Å². The molecular weight excluding hydrogens is 174 g/mol. The number of nitrogens with zero attached hydrogens (tertiary/aromatic N) is 5. The fourth-order valence-corrected chi connectivity index (χ4v) is 1.01. The number of nitro groups is 1. The fraction of sp³-hybridized carbons (Fsp3) is 0.833. The number of hydrogen-bond acceptors (Lipinski definition) is 5. The highest BCUT2D eigenvalue weighted by Crippen LogP contribution is 2.01. The van der Waals surface area contributed by atoms with Gasteiger partial charge in [0, 0.05) is 6.42 Å². The first-order valence-electron chi connectivity index (χ1n) is 4.17. The Morgan fingerprint density at radius 1 is 1.54 bits per heavy atom. The summed E-state index contributed by atoms with van der Waals surface area (Å²) in [5, 5.41) is 19.8. The summed E-state index contributed by atoms with van der Waals surface area (Å²) in [5.74, 6) is 0.318. The first-order chi connectivity index (χ1) is 6.25. The maximum Gasteiger partial charge on any atom is 0.225 e. The third-order valence-corrected chi connectivity index (χ3v) is 1.67. The molecule has 1 aromatic rings. The summed E-state index contributed by atoms with van der Waals surface area (Å²) in [7, 11) is 0. The lowest BCUT2D eigenvalue weighted by Gasteiger charge is -1.95. The van der Waals surface area contributed by atoms with E-state index < -0.39 is 5.03 Å². The quantitative estimate of drug-likeness (QED) is 0.377. The minimum absolute atomic E-state index is 0.318. The first kappa shape index (κ1) is 9.56. The summed E-state index contributed by atoms with van der Waals surface area (Å²) in [4.78, 5) is 11.0. The van der Waals surface area contributed by atoms with Crippen molar-refractivity contribution in [3.05, 3.63) is 15.9 Å². The number of aryl methyl sites for hydroxylation is 1. The van der Waals surface area contributed by atoms with Crippen LogP contribution in [0.4, 0.5) is 0 Å². The van der Waals surface area contributed by atoms with Crippen molar-refractivity contribution < 1.29 is 5.03 Å². The van der Waals surface area contributed by atoms with Crippen molar-refractivity contribution in [2.75, 3.05) is 0 Å². The van der Waals surface area contributed by atoms with E-state index in [-0.39, 0.29) is 0 Å². The van der Waals surface area contributed by atoms with E-state index in [0.29, 0.717) is 17.0 Å². The topological polar surface area (TPSA) is 86.7 Å². The monoisotopic (exact) mass is 185 g/mol. The highest BCUT2D eigenvalue weighted by molar-refractivity contribution is 4.77. The van der Waals surface area contributed by atoms with Gasteiger partial charge in [0.15, 0.2) is 0 Å². The third-order valence-electron chi connectivity index (χ3n) is 1.67. The van der Waals surface area contributed by atoms with Crippen LogP contribution in [0.5, 0.6) is 0 Å². The van der Waals surface area contributed by atoms with E-state index >= 15 is 0 Å². The van der Waals surface area contributed by atoms with E-state index in [9.17, 15) is 10.1 Å². The summed E-state index contributed by atoms with van der Waals surface area (Å²) in [6, 6.07) is 0.